The summed E-state index contributed by atoms with van der Waals surface area (Å²) in [6, 6.07) is 9.27. The van der Waals surface area contributed by atoms with E-state index in [0.717, 1.165) is 23.7 Å². The largest absolute Gasteiger partial charge is 0.504 e. The van der Waals surface area contributed by atoms with Gasteiger partial charge in [-0.1, -0.05) is 18.2 Å². The minimum Gasteiger partial charge on any atom is -0.504 e. The second-order valence-electron chi connectivity index (χ2n) is 5.95. The average molecular weight is 296 g/mol. The Labute approximate surface area is 126 Å². The lowest BCUT2D eigenvalue weighted by Gasteiger charge is -2.20. The average Bonchev–Trinajstić information content (AvgIpc) is 2.29. The first-order valence-electron chi connectivity index (χ1n) is 6.55. The highest BCUT2D eigenvalue weighted by atomic mass is 35.5. The van der Waals surface area contributed by atoms with Crippen LogP contribution in [0.5, 0.6) is 11.5 Å². The van der Waals surface area contributed by atoms with E-state index < -0.39 is 0 Å². The quantitative estimate of drug-likeness (QED) is 0.758. The lowest BCUT2D eigenvalue weighted by molar-refractivity contribution is 0.405. The smallest absolute Gasteiger partial charge is 0.158 e. The highest BCUT2D eigenvalue weighted by Crippen LogP contribution is 2.30. The van der Waals surface area contributed by atoms with Gasteiger partial charge in [-0.05, 0) is 62.2 Å². The summed E-state index contributed by atoms with van der Waals surface area (Å²) in [6.07, 6.45) is 0.939. The van der Waals surface area contributed by atoms with Crippen molar-refractivity contribution in [1.82, 2.24) is 5.32 Å². The third kappa shape index (κ3) is 4.29. The van der Waals surface area contributed by atoms with Gasteiger partial charge < -0.3 is 15.5 Å². The van der Waals surface area contributed by atoms with Crippen LogP contribution in [-0.4, -0.2) is 22.3 Å². The van der Waals surface area contributed by atoms with Gasteiger partial charge in [0.1, 0.15) is 0 Å². The fourth-order valence-corrected chi connectivity index (χ4v) is 2.06. The monoisotopic (exact) mass is 295 g/mol. The normalized spacial score (nSPS) is 11.3. The number of hydrogen-bond donors (Lipinski definition) is 3. The Morgan fingerprint density at radius 1 is 0.950 bits per heavy atom. The van der Waals surface area contributed by atoms with Gasteiger partial charge in [-0.2, -0.15) is 0 Å². The topological polar surface area (TPSA) is 52.5 Å². The van der Waals surface area contributed by atoms with Crippen LogP contribution in [0.1, 0.15) is 26.3 Å². The zero-order chi connectivity index (χ0) is 14.0. The summed E-state index contributed by atoms with van der Waals surface area (Å²) in [7, 11) is 0. The molecule has 0 saturated heterocycles. The number of phenols is 2. The van der Waals surface area contributed by atoms with Crippen LogP contribution in [0.2, 0.25) is 0 Å². The van der Waals surface area contributed by atoms with E-state index in [4.69, 9.17) is 0 Å². The Kier molecular flexibility index (Phi) is 5.26. The highest BCUT2D eigenvalue weighted by Gasteiger charge is 2.08. The fourth-order valence-electron chi connectivity index (χ4n) is 2.06. The lowest BCUT2D eigenvalue weighted by atomic mass is 10.0. The number of fused-ring (bicyclic) bond motifs is 1. The summed E-state index contributed by atoms with van der Waals surface area (Å²) in [6.45, 7) is 7.36. The van der Waals surface area contributed by atoms with E-state index in [1.807, 2.05) is 6.07 Å². The predicted molar refractivity (Wildman–Crippen MR) is 86.0 cm³/mol. The van der Waals surface area contributed by atoms with Crippen LogP contribution in [-0.2, 0) is 6.42 Å². The van der Waals surface area contributed by atoms with E-state index in [2.05, 4.69) is 38.2 Å². The molecule has 3 N–H and O–H groups in total. The van der Waals surface area contributed by atoms with Crippen molar-refractivity contribution < 1.29 is 10.2 Å². The third-order valence-corrected chi connectivity index (χ3v) is 3.07. The molecule has 2 aromatic rings. The van der Waals surface area contributed by atoms with Crippen LogP contribution < -0.4 is 5.32 Å². The first-order valence-corrected chi connectivity index (χ1v) is 6.55. The molecule has 0 heterocycles. The first kappa shape index (κ1) is 16.6. The summed E-state index contributed by atoms with van der Waals surface area (Å²) in [5.41, 5.74) is 1.34. The molecule has 3 nitrogen and oxygen atoms in total. The first-order chi connectivity index (χ1) is 8.85. The van der Waals surface area contributed by atoms with Crippen LogP contribution in [0.15, 0.2) is 30.3 Å². The Bertz CT molecular complexity index is 591. The van der Waals surface area contributed by atoms with Crippen molar-refractivity contribution in [1.29, 1.82) is 0 Å². The molecule has 0 aliphatic rings. The SMILES string of the molecule is CC(C)(C)NCCc1ccc2cc(O)c(O)cc2c1.Cl. The van der Waals surface area contributed by atoms with E-state index in [0.29, 0.717) is 0 Å². The molecule has 20 heavy (non-hydrogen) atoms. The van der Waals surface area contributed by atoms with Crippen molar-refractivity contribution in [2.24, 2.45) is 0 Å². The molecule has 0 unspecified atom stereocenters. The molecular weight excluding hydrogens is 274 g/mol. The van der Waals surface area contributed by atoms with Gasteiger partial charge in [0, 0.05) is 5.54 Å². The van der Waals surface area contributed by atoms with Gasteiger partial charge in [0.2, 0.25) is 0 Å². The molecule has 0 aromatic heterocycles. The van der Waals surface area contributed by atoms with Gasteiger partial charge in [-0.15, -0.1) is 12.4 Å². The van der Waals surface area contributed by atoms with E-state index >= 15 is 0 Å². The van der Waals surface area contributed by atoms with Crippen LogP contribution in [0.3, 0.4) is 0 Å². The molecule has 0 amide bonds. The van der Waals surface area contributed by atoms with Crippen LogP contribution in [0.4, 0.5) is 0 Å². The van der Waals surface area contributed by atoms with Crippen molar-refractivity contribution in [2.45, 2.75) is 32.7 Å². The number of benzene rings is 2. The Balaban J connectivity index is 0.00000200. The van der Waals surface area contributed by atoms with E-state index in [1.54, 1.807) is 12.1 Å². The highest BCUT2D eigenvalue weighted by molar-refractivity contribution is 5.86. The zero-order valence-corrected chi connectivity index (χ0v) is 12.9. The Morgan fingerprint density at radius 3 is 2.15 bits per heavy atom. The van der Waals surface area contributed by atoms with Gasteiger partial charge >= 0.3 is 0 Å². The van der Waals surface area contributed by atoms with Crippen LogP contribution in [0, 0.1) is 0 Å². The minimum absolute atomic E-state index is 0. The maximum Gasteiger partial charge on any atom is 0.158 e. The molecule has 0 fully saturated rings. The van der Waals surface area contributed by atoms with E-state index in [-0.39, 0.29) is 29.4 Å². The summed E-state index contributed by atoms with van der Waals surface area (Å²) >= 11 is 0. The van der Waals surface area contributed by atoms with E-state index in [9.17, 15) is 10.2 Å². The van der Waals surface area contributed by atoms with Crippen molar-refractivity contribution in [3.63, 3.8) is 0 Å². The fraction of sp³-hybridized carbons (Fsp3) is 0.375. The molecule has 4 heteroatoms. The maximum atomic E-state index is 9.53. The molecule has 0 aliphatic heterocycles. The molecule has 2 rings (SSSR count). The molecule has 0 radical (unpaired) electrons. The van der Waals surface area contributed by atoms with Gasteiger partial charge in [0.15, 0.2) is 11.5 Å². The standard InChI is InChI=1S/C16H21NO2.ClH/c1-16(2,3)17-7-6-11-4-5-12-9-14(18)15(19)10-13(12)8-11;/h4-5,8-10,17-19H,6-7H2,1-3H3;1H. The maximum absolute atomic E-state index is 9.53. The molecule has 0 spiro atoms. The molecule has 2 aromatic carbocycles. The molecule has 0 bridgehead atoms. The summed E-state index contributed by atoms with van der Waals surface area (Å²) in [4.78, 5) is 0. The molecule has 110 valence electrons. The molecule has 0 atom stereocenters. The number of phenolic OH excluding ortho intramolecular Hbond substituents is 2. The van der Waals surface area contributed by atoms with Crippen molar-refractivity contribution in [3.8, 4) is 11.5 Å². The lowest BCUT2D eigenvalue weighted by Crippen LogP contribution is -2.37. The van der Waals surface area contributed by atoms with Gasteiger partial charge in [0.05, 0.1) is 0 Å². The second kappa shape index (κ2) is 6.33. The van der Waals surface area contributed by atoms with Gasteiger partial charge in [-0.25, -0.2) is 0 Å². The van der Waals surface area contributed by atoms with Crippen LogP contribution >= 0.6 is 12.4 Å². The zero-order valence-electron chi connectivity index (χ0n) is 12.1. The Hall–Kier alpha value is -1.45. The number of hydrogen-bond acceptors (Lipinski definition) is 3. The van der Waals surface area contributed by atoms with E-state index in [1.165, 1.54) is 5.56 Å². The summed E-state index contributed by atoms with van der Waals surface area (Å²) in [5, 5.41) is 24.3. The van der Waals surface area contributed by atoms with Gasteiger partial charge in [0.25, 0.3) is 0 Å². The number of halogens is 1. The molecule has 0 saturated carbocycles. The molecule has 0 aliphatic carbocycles. The molecular formula is C16H22ClNO2. The summed E-state index contributed by atoms with van der Waals surface area (Å²) in [5.74, 6) is -0.146. The minimum atomic E-state index is -0.0744. The van der Waals surface area contributed by atoms with Crippen molar-refractivity contribution in [2.75, 3.05) is 6.54 Å². The second-order valence-corrected chi connectivity index (χ2v) is 5.95. The van der Waals surface area contributed by atoms with Crippen LogP contribution in [0.25, 0.3) is 10.8 Å². The van der Waals surface area contributed by atoms with Crippen molar-refractivity contribution in [3.05, 3.63) is 35.9 Å². The number of rotatable bonds is 3. The number of aromatic hydroxyl groups is 2. The predicted octanol–water partition coefficient (Wildman–Crippen LogP) is 3.60. The Morgan fingerprint density at radius 2 is 1.55 bits per heavy atom. The number of nitrogens with one attached hydrogen (secondary N) is 1. The summed E-state index contributed by atoms with van der Waals surface area (Å²) < 4.78 is 0. The van der Waals surface area contributed by atoms with Gasteiger partial charge in [-0.3, -0.25) is 0 Å². The third-order valence-electron chi connectivity index (χ3n) is 3.07. The van der Waals surface area contributed by atoms with Crippen molar-refractivity contribution >= 4 is 23.2 Å².